The van der Waals surface area contributed by atoms with Crippen LogP contribution in [-0.4, -0.2) is 36.0 Å². The van der Waals surface area contributed by atoms with Gasteiger partial charge in [0.05, 0.1) is 11.9 Å². The zero-order valence-electron chi connectivity index (χ0n) is 12.8. The van der Waals surface area contributed by atoms with E-state index in [4.69, 9.17) is 0 Å². The number of aryl methyl sites for hydroxylation is 1. The fourth-order valence-electron chi connectivity index (χ4n) is 2.92. The zero-order valence-corrected chi connectivity index (χ0v) is 13.6. The van der Waals surface area contributed by atoms with Crippen LogP contribution in [0.15, 0.2) is 11.1 Å². The first-order valence-electron chi connectivity index (χ1n) is 7.23. The fraction of sp³-hybridized carbons (Fsp3) is 0.786. The molecule has 114 valence electrons. The van der Waals surface area contributed by atoms with Crippen LogP contribution in [-0.2, 0) is 10.0 Å². The summed E-state index contributed by atoms with van der Waals surface area (Å²) in [5.74, 6) is 0.577. The Morgan fingerprint density at radius 2 is 2.00 bits per heavy atom. The van der Waals surface area contributed by atoms with Gasteiger partial charge in [0.1, 0.15) is 4.90 Å². The molecule has 1 aliphatic rings. The van der Waals surface area contributed by atoms with Crippen LogP contribution < -0.4 is 0 Å². The smallest absolute Gasteiger partial charge is 0.246 e. The summed E-state index contributed by atoms with van der Waals surface area (Å²) in [7, 11) is -3.40. The number of sulfonamides is 1. The number of H-pyrrole nitrogens is 1. The second-order valence-corrected chi connectivity index (χ2v) is 8.66. The van der Waals surface area contributed by atoms with E-state index < -0.39 is 10.0 Å². The highest BCUT2D eigenvalue weighted by Gasteiger charge is 2.32. The largest absolute Gasteiger partial charge is 0.281 e. The Morgan fingerprint density at radius 1 is 1.30 bits per heavy atom. The van der Waals surface area contributed by atoms with Crippen LogP contribution in [0, 0.1) is 18.3 Å². The Labute approximate surface area is 121 Å². The van der Waals surface area contributed by atoms with E-state index in [9.17, 15) is 8.42 Å². The van der Waals surface area contributed by atoms with Crippen molar-refractivity contribution in [2.45, 2.75) is 51.9 Å². The molecule has 5 nitrogen and oxygen atoms in total. The lowest BCUT2D eigenvalue weighted by atomic mass is 9.77. The van der Waals surface area contributed by atoms with Gasteiger partial charge in [0, 0.05) is 13.1 Å². The van der Waals surface area contributed by atoms with Crippen molar-refractivity contribution in [3.63, 3.8) is 0 Å². The monoisotopic (exact) mass is 299 g/mol. The molecule has 20 heavy (non-hydrogen) atoms. The summed E-state index contributed by atoms with van der Waals surface area (Å²) < 4.78 is 26.9. The van der Waals surface area contributed by atoms with Crippen molar-refractivity contribution in [1.82, 2.24) is 14.5 Å². The van der Waals surface area contributed by atoms with E-state index in [1.165, 1.54) is 6.20 Å². The van der Waals surface area contributed by atoms with Crippen LogP contribution in [0.1, 0.15) is 45.7 Å². The summed E-state index contributed by atoms with van der Waals surface area (Å²) in [6.07, 6.45) is 4.37. The first-order valence-corrected chi connectivity index (χ1v) is 8.67. The third kappa shape index (κ3) is 3.06. The maximum Gasteiger partial charge on any atom is 0.246 e. The molecule has 0 spiro atoms. The molecule has 1 atom stereocenters. The van der Waals surface area contributed by atoms with Gasteiger partial charge in [-0.3, -0.25) is 5.10 Å². The molecule has 1 aromatic heterocycles. The van der Waals surface area contributed by atoms with Gasteiger partial charge in [0.15, 0.2) is 0 Å². The number of hydrogen-bond acceptors (Lipinski definition) is 3. The molecule has 1 saturated heterocycles. The molecule has 2 heterocycles. The molecule has 0 amide bonds. The number of aromatic amines is 1. The van der Waals surface area contributed by atoms with Gasteiger partial charge < -0.3 is 0 Å². The molecule has 2 rings (SSSR count). The molecule has 6 heteroatoms. The average Bonchev–Trinajstić information content (AvgIpc) is 2.63. The van der Waals surface area contributed by atoms with E-state index in [0.717, 1.165) is 19.3 Å². The summed E-state index contributed by atoms with van der Waals surface area (Å²) in [6, 6.07) is 0. The van der Waals surface area contributed by atoms with Crippen LogP contribution in [0.25, 0.3) is 0 Å². The molecule has 1 fully saturated rings. The van der Waals surface area contributed by atoms with Crippen LogP contribution in [0.2, 0.25) is 0 Å². The quantitative estimate of drug-likeness (QED) is 0.912. The van der Waals surface area contributed by atoms with Gasteiger partial charge >= 0.3 is 0 Å². The molecule has 1 unspecified atom stereocenters. The summed E-state index contributed by atoms with van der Waals surface area (Å²) in [5.41, 5.74) is 0.854. The minimum absolute atomic E-state index is 0.241. The molecule has 0 saturated carbocycles. The molecule has 0 radical (unpaired) electrons. The van der Waals surface area contributed by atoms with Gasteiger partial charge in [-0.2, -0.15) is 9.40 Å². The van der Waals surface area contributed by atoms with Crippen LogP contribution in [0.3, 0.4) is 0 Å². The molecule has 0 aromatic carbocycles. The minimum atomic E-state index is -3.40. The molecule has 0 bridgehead atoms. The third-order valence-electron chi connectivity index (χ3n) is 4.31. The van der Waals surface area contributed by atoms with E-state index in [1.54, 1.807) is 11.2 Å². The Balaban J connectivity index is 2.17. The number of nitrogens with one attached hydrogen (secondary N) is 1. The lowest BCUT2D eigenvalue weighted by Crippen LogP contribution is -2.32. The third-order valence-corrected chi connectivity index (χ3v) is 6.33. The normalized spacial score (nSPS) is 22.7. The second-order valence-electron chi connectivity index (χ2n) is 6.76. The maximum atomic E-state index is 12.6. The average molecular weight is 299 g/mol. The van der Waals surface area contributed by atoms with Crippen molar-refractivity contribution < 1.29 is 8.42 Å². The maximum absolute atomic E-state index is 12.6. The lowest BCUT2D eigenvalue weighted by Gasteiger charge is -2.29. The van der Waals surface area contributed by atoms with Crippen molar-refractivity contribution >= 4 is 10.0 Å². The van der Waals surface area contributed by atoms with Crippen LogP contribution in [0.5, 0.6) is 0 Å². The summed E-state index contributed by atoms with van der Waals surface area (Å²) in [6.45, 7) is 9.68. The lowest BCUT2D eigenvalue weighted by molar-refractivity contribution is 0.217. The Morgan fingerprint density at radius 3 is 2.55 bits per heavy atom. The van der Waals surface area contributed by atoms with E-state index in [1.807, 2.05) is 0 Å². The predicted molar refractivity (Wildman–Crippen MR) is 78.9 cm³/mol. The highest BCUT2D eigenvalue weighted by molar-refractivity contribution is 7.89. The molecule has 1 N–H and O–H groups in total. The number of rotatable bonds is 2. The van der Waals surface area contributed by atoms with Gasteiger partial charge in [-0.1, -0.05) is 20.8 Å². The van der Waals surface area contributed by atoms with Gasteiger partial charge in [-0.05, 0) is 37.5 Å². The van der Waals surface area contributed by atoms with Crippen molar-refractivity contribution in [3.8, 4) is 0 Å². The first kappa shape index (κ1) is 15.5. The molecule has 0 aliphatic carbocycles. The Kier molecular flexibility index (Phi) is 4.25. The van der Waals surface area contributed by atoms with Gasteiger partial charge in [0.2, 0.25) is 10.0 Å². The van der Waals surface area contributed by atoms with E-state index in [2.05, 4.69) is 31.0 Å². The van der Waals surface area contributed by atoms with Crippen molar-refractivity contribution in [2.24, 2.45) is 11.3 Å². The predicted octanol–water partition coefficient (Wildman–Crippen LogP) is 2.56. The molecular formula is C14H25N3O2S. The topological polar surface area (TPSA) is 66.1 Å². The van der Waals surface area contributed by atoms with Gasteiger partial charge in [0.25, 0.3) is 0 Å². The molecular weight excluding hydrogens is 274 g/mol. The van der Waals surface area contributed by atoms with Crippen molar-refractivity contribution in [1.29, 1.82) is 0 Å². The fourth-order valence-corrected chi connectivity index (χ4v) is 4.53. The van der Waals surface area contributed by atoms with Crippen LogP contribution >= 0.6 is 0 Å². The number of aromatic nitrogens is 2. The zero-order chi connectivity index (χ0) is 15.0. The van der Waals surface area contributed by atoms with E-state index >= 15 is 0 Å². The Bertz CT molecular complexity index is 557. The highest BCUT2D eigenvalue weighted by atomic mass is 32.2. The van der Waals surface area contributed by atoms with Crippen molar-refractivity contribution in [2.75, 3.05) is 13.1 Å². The summed E-state index contributed by atoms with van der Waals surface area (Å²) in [4.78, 5) is 0.312. The van der Waals surface area contributed by atoms with Crippen LogP contribution in [0.4, 0.5) is 0 Å². The van der Waals surface area contributed by atoms with Gasteiger partial charge in [-0.15, -0.1) is 0 Å². The van der Waals surface area contributed by atoms with Crippen molar-refractivity contribution in [3.05, 3.63) is 11.9 Å². The summed E-state index contributed by atoms with van der Waals surface area (Å²) in [5, 5.41) is 6.54. The standard InChI is InChI=1S/C14H25N3O2S/c1-11-13(10-15-16-11)20(18,19)17-8-5-6-12(7-9-17)14(2,3)4/h10,12H,5-9H2,1-4H3,(H,15,16). The molecule has 1 aliphatic heterocycles. The first-order chi connectivity index (χ1) is 9.23. The summed E-state index contributed by atoms with van der Waals surface area (Å²) >= 11 is 0. The second kappa shape index (κ2) is 5.48. The Hall–Kier alpha value is -0.880. The van der Waals surface area contributed by atoms with E-state index in [0.29, 0.717) is 29.6 Å². The highest BCUT2D eigenvalue weighted by Crippen LogP contribution is 2.35. The molecule has 1 aromatic rings. The number of nitrogens with zero attached hydrogens (tertiary/aromatic N) is 2. The van der Waals surface area contributed by atoms with Gasteiger partial charge in [-0.25, -0.2) is 8.42 Å². The van der Waals surface area contributed by atoms with E-state index in [-0.39, 0.29) is 5.41 Å². The minimum Gasteiger partial charge on any atom is -0.281 e. The SMILES string of the molecule is Cc1[nH]ncc1S(=O)(=O)N1CCCC(C(C)(C)C)CC1. The number of hydrogen-bond donors (Lipinski definition) is 1.